The largest absolute Gasteiger partial charge is 0.383 e. The summed E-state index contributed by atoms with van der Waals surface area (Å²) in [6.45, 7) is 0.796. The van der Waals surface area contributed by atoms with Crippen molar-refractivity contribution in [1.29, 1.82) is 0 Å². The first-order valence-electron chi connectivity index (χ1n) is 6.40. The average molecular weight is 299 g/mol. The van der Waals surface area contributed by atoms with E-state index in [1.807, 2.05) is 11.8 Å². The molecule has 104 valence electrons. The first-order valence-corrected chi connectivity index (χ1v) is 8.44. The molecule has 2 saturated heterocycles. The maximum Gasteiger partial charge on any atom is 0.253 e. The van der Waals surface area contributed by atoms with Crippen LogP contribution in [0.5, 0.6) is 0 Å². The lowest BCUT2D eigenvalue weighted by molar-refractivity contribution is -0.0562. The van der Waals surface area contributed by atoms with Crippen molar-refractivity contribution in [2.45, 2.75) is 35.3 Å². The van der Waals surface area contributed by atoms with Gasteiger partial charge in [0.1, 0.15) is 5.82 Å². The number of hydrogen-bond donors (Lipinski definition) is 2. The summed E-state index contributed by atoms with van der Waals surface area (Å²) in [5, 5.41) is 1.06. The first-order chi connectivity index (χ1) is 9.15. The Morgan fingerprint density at radius 1 is 1.63 bits per heavy atom. The van der Waals surface area contributed by atoms with Gasteiger partial charge >= 0.3 is 0 Å². The van der Waals surface area contributed by atoms with Gasteiger partial charge in [-0.3, -0.25) is 4.79 Å². The number of nitrogen functional groups attached to an aromatic ring is 1. The molecule has 3 rings (SSSR count). The van der Waals surface area contributed by atoms with Gasteiger partial charge in [0.15, 0.2) is 5.16 Å². The van der Waals surface area contributed by atoms with E-state index in [0.29, 0.717) is 10.4 Å². The predicted molar refractivity (Wildman–Crippen MR) is 78.8 cm³/mol. The highest BCUT2D eigenvalue weighted by atomic mass is 32.2. The number of hydrogen-bond acceptors (Lipinski definition) is 6. The number of nitrogens with two attached hydrogens (primary N) is 1. The van der Waals surface area contributed by atoms with Crippen molar-refractivity contribution in [3.05, 3.63) is 16.4 Å². The number of nitrogens with zero attached hydrogens (tertiary/aromatic N) is 1. The number of thioether (sulfide) groups is 2. The summed E-state index contributed by atoms with van der Waals surface area (Å²) in [7, 11) is 0. The summed E-state index contributed by atoms with van der Waals surface area (Å²) >= 11 is 3.58. The molecule has 2 unspecified atom stereocenters. The molecule has 1 aromatic rings. The highest BCUT2D eigenvalue weighted by Gasteiger charge is 2.40. The van der Waals surface area contributed by atoms with Crippen LogP contribution < -0.4 is 11.3 Å². The maximum absolute atomic E-state index is 11.4. The van der Waals surface area contributed by atoms with Crippen molar-refractivity contribution < 1.29 is 4.74 Å². The van der Waals surface area contributed by atoms with Crippen molar-refractivity contribution in [2.24, 2.45) is 0 Å². The zero-order chi connectivity index (χ0) is 13.3. The second kappa shape index (κ2) is 5.38. The number of ether oxygens (including phenoxy) is 1. The Hall–Kier alpha value is -0.660. The number of nitrogens with one attached hydrogen (secondary N) is 1. The molecule has 2 aliphatic rings. The molecule has 5 nitrogen and oxygen atoms in total. The van der Waals surface area contributed by atoms with E-state index in [1.165, 1.54) is 11.8 Å². The molecule has 0 aromatic carbocycles. The third-order valence-corrected chi connectivity index (χ3v) is 5.91. The van der Waals surface area contributed by atoms with Crippen LogP contribution in [0.15, 0.2) is 16.0 Å². The molecule has 0 aliphatic carbocycles. The molecule has 3 N–H and O–H groups in total. The van der Waals surface area contributed by atoms with Crippen LogP contribution >= 0.6 is 23.5 Å². The summed E-state index contributed by atoms with van der Waals surface area (Å²) in [5.41, 5.74) is 5.48. The number of anilines is 1. The third-order valence-electron chi connectivity index (χ3n) is 3.53. The van der Waals surface area contributed by atoms with Crippen LogP contribution in [0.25, 0.3) is 0 Å². The lowest BCUT2D eigenvalue weighted by Gasteiger charge is -2.37. The molecule has 0 saturated carbocycles. The molecule has 2 fully saturated rings. The summed E-state index contributed by atoms with van der Waals surface area (Å²) in [6.07, 6.45) is 3.16. The van der Waals surface area contributed by atoms with Crippen molar-refractivity contribution >= 4 is 29.3 Å². The van der Waals surface area contributed by atoms with E-state index >= 15 is 0 Å². The fourth-order valence-electron chi connectivity index (χ4n) is 2.61. The number of rotatable bonds is 2. The van der Waals surface area contributed by atoms with Gasteiger partial charge in [0.05, 0.1) is 5.60 Å². The molecule has 2 aliphatic heterocycles. The van der Waals surface area contributed by atoms with Crippen molar-refractivity contribution in [3.8, 4) is 0 Å². The zero-order valence-electron chi connectivity index (χ0n) is 10.6. The van der Waals surface area contributed by atoms with E-state index in [-0.39, 0.29) is 17.0 Å². The van der Waals surface area contributed by atoms with Gasteiger partial charge in [-0.2, -0.15) is 11.8 Å². The Labute approximate surface area is 120 Å². The highest BCUT2D eigenvalue weighted by Crippen LogP contribution is 2.42. The summed E-state index contributed by atoms with van der Waals surface area (Å²) in [6, 6.07) is 1.31. The Morgan fingerprint density at radius 2 is 2.53 bits per heavy atom. The van der Waals surface area contributed by atoms with E-state index in [1.54, 1.807) is 11.8 Å². The van der Waals surface area contributed by atoms with E-state index in [2.05, 4.69) is 9.97 Å². The molecule has 0 radical (unpaired) electrons. The first kappa shape index (κ1) is 13.3. The Bertz CT molecular complexity index is 514. The Morgan fingerprint density at radius 3 is 3.26 bits per heavy atom. The standard InChI is InChI=1S/C12H17N3O2S2/c13-9-5-10(16)15-11(14-9)19-8-1-3-17-12(6-8)2-4-18-7-12/h5,8H,1-4,6-7H2,(H3,13,14,15,16). The second-order valence-electron chi connectivity index (χ2n) is 5.04. The van der Waals surface area contributed by atoms with Gasteiger partial charge in [-0.15, -0.1) is 0 Å². The van der Waals surface area contributed by atoms with Crippen molar-refractivity contribution in [3.63, 3.8) is 0 Å². The van der Waals surface area contributed by atoms with Gasteiger partial charge in [0.2, 0.25) is 0 Å². The average Bonchev–Trinajstić information content (AvgIpc) is 2.76. The second-order valence-corrected chi connectivity index (χ2v) is 7.44. The SMILES string of the molecule is Nc1cc(=O)[nH]c(SC2CCOC3(CCSC3)C2)n1. The molecule has 7 heteroatoms. The zero-order valence-corrected chi connectivity index (χ0v) is 12.2. The summed E-state index contributed by atoms with van der Waals surface area (Å²) in [4.78, 5) is 18.3. The van der Waals surface area contributed by atoms with E-state index in [9.17, 15) is 4.79 Å². The molecule has 1 aromatic heterocycles. The minimum Gasteiger partial charge on any atom is -0.383 e. The van der Waals surface area contributed by atoms with Gasteiger partial charge < -0.3 is 15.5 Å². The molecular weight excluding hydrogens is 282 g/mol. The quantitative estimate of drug-likeness (QED) is 0.806. The number of aromatic amines is 1. The number of aromatic nitrogens is 2. The van der Waals surface area contributed by atoms with Crippen LogP contribution in [0, 0.1) is 0 Å². The van der Waals surface area contributed by atoms with Crippen LogP contribution in [0.4, 0.5) is 5.82 Å². The van der Waals surface area contributed by atoms with Gasteiger partial charge in [-0.1, -0.05) is 11.8 Å². The molecule has 0 amide bonds. The maximum atomic E-state index is 11.4. The van der Waals surface area contributed by atoms with Crippen molar-refractivity contribution in [2.75, 3.05) is 23.8 Å². The molecule has 19 heavy (non-hydrogen) atoms. The lowest BCUT2D eigenvalue weighted by atomic mass is 9.93. The van der Waals surface area contributed by atoms with Gasteiger partial charge in [0, 0.05) is 23.7 Å². The molecule has 2 atom stereocenters. The predicted octanol–water partition coefficient (Wildman–Crippen LogP) is 1.50. The van der Waals surface area contributed by atoms with Crippen LogP contribution in [0.3, 0.4) is 0 Å². The Balaban J connectivity index is 1.70. The van der Waals surface area contributed by atoms with Crippen LogP contribution in [0.2, 0.25) is 0 Å². The van der Waals surface area contributed by atoms with E-state index < -0.39 is 0 Å². The molecule has 1 spiro atoms. The normalized spacial score (nSPS) is 30.8. The van der Waals surface area contributed by atoms with Gasteiger partial charge in [0.25, 0.3) is 5.56 Å². The van der Waals surface area contributed by atoms with E-state index in [4.69, 9.17) is 10.5 Å². The minimum atomic E-state index is -0.187. The fraction of sp³-hybridized carbons (Fsp3) is 0.667. The minimum absolute atomic E-state index is 0.0567. The fourth-order valence-corrected chi connectivity index (χ4v) is 5.23. The van der Waals surface area contributed by atoms with Gasteiger partial charge in [-0.05, 0) is 25.0 Å². The van der Waals surface area contributed by atoms with Crippen LogP contribution in [-0.2, 0) is 4.74 Å². The van der Waals surface area contributed by atoms with Crippen molar-refractivity contribution in [1.82, 2.24) is 9.97 Å². The van der Waals surface area contributed by atoms with Gasteiger partial charge in [-0.25, -0.2) is 4.98 Å². The lowest BCUT2D eigenvalue weighted by Crippen LogP contribution is -2.41. The van der Waals surface area contributed by atoms with Crippen LogP contribution in [0.1, 0.15) is 19.3 Å². The summed E-state index contributed by atoms with van der Waals surface area (Å²) in [5.74, 6) is 2.56. The third kappa shape index (κ3) is 3.09. The topological polar surface area (TPSA) is 81.0 Å². The smallest absolute Gasteiger partial charge is 0.253 e. The number of H-pyrrole nitrogens is 1. The molecular formula is C12H17N3O2S2. The Kier molecular flexibility index (Phi) is 3.77. The summed E-state index contributed by atoms with van der Waals surface area (Å²) < 4.78 is 5.99. The monoisotopic (exact) mass is 299 g/mol. The molecule has 0 bridgehead atoms. The highest BCUT2D eigenvalue weighted by molar-refractivity contribution is 8.00. The van der Waals surface area contributed by atoms with Crippen LogP contribution in [-0.4, -0.2) is 38.9 Å². The van der Waals surface area contributed by atoms with E-state index in [0.717, 1.165) is 31.6 Å². The molecule has 3 heterocycles.